The Bertz CT molecular complexity index is 188. The smallest absolute Gasteiger partial charge is 0.234 e. The maximum atomic E-state index is 11.6. The Morgan fingerprint density at radius 3 is 1.77 bits per heavy atom. The standard InChI is InChI=1S/C10H20BrNO/c1-9(2,3)7(11)8(13)12-10(4,5)6/h7H,1-6H3,(H,12,13). The van der Waals surface area contributed by atoms with Crippen molar-refractivity contribution in [1.29, 1.82) is 0 Å². The number of nitrogens with one attached hydrogen (secondary N) is 1. The topological polar surface area (TPSA) is 29.1 Å². The van der Waals surface area contributed by atoms with Gasteiger partial charge in [0.25, 0.3) is 0 Å². The normalized spacial score (nSPS) is 15.3. The van der Waals surface area contributed by atoms with Gasteiger partial charge in [-0.25, -0.2) is 0 Å². The Hall–Kier alpha value is -0.0500. The molecule has 0 aliphatic heterocycles. The van der Waals surface area contributed by atoms with Gasteiger partial charge in [-0.05, 0) is 26.2 Å². The number of carbonyl (C=O) groups excluding carboxylic acids is 1. The highest BCUT2D eigenvalue weighted by Gasteiger charge is 2.30. The van der Waals surface area contributed by atoms with Crippen molar-refractivity contribution in [3.05, 3.63) is 0 Å². The summed E-state index contributed by atoms with van der Waals surface area (Å²) in [7, 11) is 0. The molecule has 0 aliphatic rings. The Balaban J connectivity index is 4.30. The zero-order valence-corrected chi connectivity index (χ0v) is 10.9. The summed E-state index contributed by atoms with van der Waals surface area (Å²) in [5.41, 5.74) is -0.205. The molecule has 1 unspecified atom stereocenters. The van der Waals surface area contributed by atoms with Crippen LogP contribution in [0.3, 0.4) is 0 Å². The highest BCUT2D eigenvalue weighted by atomic mass is 79.9. The summed E-state index contributed by atoms with van der Waals surface area (Å²) in [5.74, 6) is 0.0556. The van der Waals surface area contributed by atoms with E-state index in [9.17, 15) is 4.79 Å². The number of hydrogen-bond donors (Lipinski definition) is 1. The van der Waals surface area contributed by atoms with E-state index in [4.69, 9.17) is 0 Å². The minimum Gasteiger partial charge on any atom is -0.351 e. The maximum absolute atomic E-state index is 11.6. The molecule has 78 valence electrons. The summed E-state index contributed by atoms with van der Waals surface area (Å²) >= 11 is 3.40. The van der Waals surface area contributed by atoms with Crippen LogP contribution in [0.2, 0.25) is 0 Å². The van der Waals surface area contributed by atoms with Gasteiger partial charge in [0.2, 0.25) is 5.91 Å². The number of amides is 1. The molecule has 0 fully saturated rings. The first-order chi connectivity index (χ1) is 5.54. The van der Waals surface area contributed by atoms with E-state index in [1.165, 1.54) is 0 Å². The van der Waals surface area contributed by atoms with Crippen molar-refractivity contribution >= 4 is 21.8 Å². The predicted molar refractivity (Wildman–Crippen MR) is 60.1 cm³/mol. The van der Waals surface area contributed by atoms with Gasteiger partial charge in [0.1, 0.15) is 0 Å². The van der Waals surface area contributed by atoms with Crippen LogP contribution < -0.4 is 5.32 Å². The van der Waals surface area contributed by atoms with E-state index in [0.29, 0.717) is 0 Å². The summed E-state index contributed by atoms with van der Waals surface area (Å²) < 4.78 is 0. The number of rotatable bonds is 1. The van der Waals surface area contributed by atoms with E-state index >= 15 is 0 Å². The van der Waals surface area contributed by atoms with Crippen LogP contribution >= 0.6 is 15.9 Å². The van der Waals surface area contributed by atoms with Crippen LogP contribution in [-0.4, -0.2) is 16.3 Å². The average Bonchev–Trinajstić information content (AvgIpc) is 1.79. The summed E-state index contributed by atoms with van der Waals surface area (Å²) in [6.07, 6.45) is 0. The van der Waals surface area contributed by atoms with E-state index in [1.54, 1.807) is 0 Å². The molecule has 0 rings (SSSR count). The van der Waals surface area contributed by atoms with Gasteiger partial charge in [-0.3, -0.25) is 4.79 Å². The molecule has 1 atom stereocenters. The minimum atomic E-state index is -0.158. The molecule has 0 radical (unpaired) electrons. The van der Waals surface area contributed by atoms with E-state index < -0.39 is 0 Å². The third-order valence-corrected chi connectivity index (χ3v) is 3.28. The van der Waals surface area contributed by atoms with Gasteiger partial charge in [0.15, 0.2) is 0 Å². The molecule has 0 aromatic rings. The van der Waals surface area contributed by atoms with E-state index in [1.807, 2.05) is 41.5 Å². The van der Waals surface area contributed by atoms with Gasteiger partial charge < -0.3 is 5.32 Å². The van der Waals surface area contributed by atoms with Gasteiger partial charge >= 0.3 is 0 Å². The van der Waals surface area contributed by atoms with Gasteiger partial charge in [-0.1, -0.05) is 36.7 Å². The van der Waals surface area contributed by atoms with Crippen LogP contribution in [0.4, 0.5) is 0 Å². The molecule has 3 heteroatoms. The van der Waals surface area contributed by atoms with Crippen molar-refractivity contribution in [3.8, 4) is 0 Å². The van der Waals surface area contributed by atoms with Crippen LogP contribution in [0.5, 0.6) is 0 Å². The molecule has 0 aromatic heterocycles. The summed E-state index contributed by atoms with van der Waals surface area (Å²) in [4.78, 5) is 11.5. The monoisotopic (exact) mass is 249 g/mol. The van der Waals surface area contributed by atoms with Gasteiger partial charge in [0.05, 0.1) is 4.83 Å². The molecular weight excluding hydrogens is 230 g/mol. The fraction of sp³-hybridized carbons (Fsp3) is 0.900. The van der Waals surface area contributed by atoms with Gasteiger partial charge in [-0.2, -0.15) is 0 Å². The van der Waals surface area contributed by atoms with Crippen molar-refractivity contribution in [2.75, 3.05) is 0 Å². The summed E-state index contributed by atoms with van der Waals surface area (Å²) in [6, 6.07) is 0. The second-order valence-electron chi connectivity index (χ2n) is 5.47. The lowest BCUT2D eigenvalue weighted by Crippen LogP contribution is -2.47. The Labute approximate surface area is 89.6 Å². The quantitative estimate of drug-likeness (QED) is 0.712. The largest absolute Gasteiger partial charge is 0.351 e. The summed E-state index contributed by atoms with van der Waals surface area (Å²) in [5, 5.41) is 2.94. The average molecular weight is 250 g/mol. The SMILES string of the molecule is CC(C)(C)NC(=O)C(Br)C(C)(C)C. The highest BCUT2D eigenvalue weighted by molar-refractivity contribution is 9.10. The van der Waals surface area contributed by atoms with Crippen LogP contribution in [0, 0.1) is 5.41 Å². The molecule has 0 saturated heterocycles. The number of carbonyl (C=O) groups is 1. The molecule has 13 heavy (non-hydrogen) atoms. The van der Waals surface area contributed by atoms with Crippen LogP contribution in [0.1, 0.15) is 41.5 Å². The Kier molecular flexibility index (Phi) is 3.97. The minimum absolute atomic E-state index is 0.0463. The van der Waals surface area contributed by atoms with Crippen molar-refractivity contribution in [1.82, 2.24) is 5.32 Å². The Morgan fingerprint density at radius 1 is 1.15 bits per heavy atom. The van der Waals surface area contributed by atoms with Gasteiger partial charge in [0, 0.05) is 5.54 Å². The second kappa shape index (κ2) is 3.99. The fourth-order valence-electron chi connectivity index (χ4n) is 0.826. The molecule has 0 heterocycles. The molecule has 2 nitrogen and oxygen atoms in total. The van der Waals surface area contributed by atoms with E-state index in [2.05, 4.69) is 21.2 Å². The van der Waals surface area contributed by atoms with Gasteiger partial charge in [-0.15, -0.1) is 0 Å². The van der Waals surface area contributed by atoms with Crippen LogP contribution in [-0.2, 0) is 4.79 Å². The molecule has 1 amide bonds. The second-order valence-corrected chi connectivity index (χ2v) is 6.38. The molecular formula is C10H20BrNO. The first-order valence-corrected chi connectivity index (χ1v) is 5.42. The maximum Gasteiger partial charge on any atom is 0.234 e. The van der Waals surface area contributed by atoms with E-state index in [0.717, 1.165) is 0 Å². The predicted octanol–water partition coefficient (Wildman–Crippen LogP) is 2.71. The molecule has 1 N–H and O–H groups in total. The van der Waals surface area contributed by atoms with E-state index in [-0.39, 0.29) is 21.7 Å². The van der Waals surface area contributed by atoms with Crippen LogP contribution in [0.25, 0.3) is 0 Å². The first-order valence-electron chi connectivity index (χ1n) is 4.50. The zero-order chi connectivity index (χ0) is 10.9. The lowest BCUT2D eigenvalue weighted by atomic mass is 9.91. The molecule has 0 saturated carbocycles. The summed E-state index contributed by atoms with van der Waals surface area (Å²) in [6.45, 7) is 12.0. The number of alkyl halides is 1. The molecule has 0 bridgehead atoms. The van der Waals surface area contributed by atoms with Crippen LogP contribution in [0.15, 0.2) is 0 Å². The lowest BCUT2D eigenvalue weighted by molar-refractivity contribution is -0.123. The molecule has 0 aromatic carbocycles. The third kappa shape index (κ3) is 5.29. The van der Waals surface area contributed by atoms with Crippen molar-refractivity contribution in [2.24, 2.45) is 5.41 Å². The van der Waals surface area contributed by atoms with Crippen molar-refractivity contribution in [3.63, 3.8) is 0 Å². The Morgan fingerprint density at radius 2 is 1.54 bits per heavy atom. The zero-order valence-electron chi connectivity index (χ0n) is 9.36. The molecule has 0 aliphatic carbocycles. The lowest BCUT2D eigenvalue weighted by Gasteiger charge is -2.28. The first kappa shape index (κ1) is 12.9. The highest BCUT2D eigenvalue weighted by Crippen LogP contribution is 2.26. The molecule has 0 spiro atoms. The van der Waals surface area contributed by atoms with Crippen molar-refractivity contribution < 1.29 is 4.79 Å². The fourth-order valence-corrected chi connectivity index (χ4v) is 0.941. The van der Waals surface area contributed by atoms with Crippen molar-refractivity contribution in [2.45, 2.75) is 51.9 Å². The number of halogens is 1. The third-order valence-electron chi connectivity index (χ3n) is 1.49. The number of hydrogen-bond acceptors (Lipinski definition) is 1.